The Morgan fingerprint density at radius 3 is 2.06 bits per heavy atom. The number of morpholine rings is 2. The molecule has 1 aromatic rings. The lowest BCUT2D eigenvalue weighted by Gasteiger charge is -2.28. The highest BCUT2D eigenvalue weighted by atomic mass is 16.5. The fourth-order valence-corrected chi connectivity index (χ4v) is 1.89. The molecule has 100 valence electrons. The molecule has 2 aliphatic rings. The monoisotopic (exact) mass is 251 g/mol. The van der Waals surface area contributed by atoms with Crippen LogP contribution in [0.4, 0.5) is 5.69 Å². The van der Waals surface area contributed by atoms with Crippen molar-refractivity contribution in [3.63, 3.8) is 0 Å². The second-order valence-corrected chi connectivity index (χ2v) is 4.17. The molecule has 3 rings (SSSR count). The molecule has 0 atom stereocenters. The van der Waals surface area contributed by atoms with Gasteiger partial charge < -0.3 is 19.7 Å². The molecule has 0 amide bonds. The average molecular weight is 251 g/mol. The third-order valence-electron chi connectivity index (χ3n) is 2.89. The van der Waals surface area contributed by atoms with E-state index in [1.165, 1.54) is 5.69 Å². The van der Waals surface area contributed by atoms with Gasteiger partial charge in [-0.05, 0) is 12.1 Å². The number of pyridine rings is 1. The molecule has 1 N–H and O–H groups in total. The lowest BCUT2D eigenvalue weighted by Crippen LogP contribution is -2.36. The minimum absolute atomic E-state index is 0.836. The number of nitrogens with one attached hydrogen (secondary N) is 1. The van der Waals surface area contributed by atoms with Crippen LogP contribution >= 0.6 is 0 Å². The minimum atomic E-state index is 0.836. The zero-order valence-electron chi connectivity index (χ0n) is 10.7. The average Bonchev–Trinajstić information content (AvgIpc) is 2.51. The number of nitrogens with zero attached hydrogens (tertiary/aromatic N) is 2. The summed E-state index contributed by atoms with van der Waals surface area (Å²) in [6, 6.07) is 4.07. The summed E-state index contributed by atoms with van der Waals surface area (Å²) in [5, 5.41) is 3.16. The first kappa shape index (κ1) is 13.3. The fraction of sp³-hybridized carbons (Fsp3) is 0.615. The summed E-state index contributed by atoms with van der Waals surface area (Å²) in [5.74, 6) is 0. The lowest BCUT2D eigenvalue weighted by molar-refractivity contribution is 0.109. The van der Waals surface area contributed by atoms with Crippen LogP contribution in [0.3, 0.4) is 0 Å². The van der Waals surface area contributed by atoms with Gasteiger partial charge in [-0.3, -0.25) is 4.98 Å². The summed E-state index contributed by atoms with van der Waals surface area (Å²) in [7, 11) is 0. The number of rotatable bonds is 1. The van der Waals surface area contributed by atoms with E-state index >= 15 is 0 Å². The van der Waals surface area contributed by atoms with Gasteiger partial charge in [0, 0.05) is 44.3 Å². The van der Waals surface area contributed by atoms with Crippen molar-refractivity contribution in [1.29, 1.82) is 0 Å². The molecule has 0 bridgehead atoms. The molecule has 0 radical (unpaired) electrons. The summed E-state index contributed by atoms with van der Waals surface area (Å²) in [6.45, 7) is 7.48. The van der Waals surface area contributed by atoms with E-state index < -0.39 is 0 Å². The Balaban J connectivity index is 0.000000169. The maximum Gasteiger partial charge on any atom is 0.0642 e. The van der Waals surface area contributed by atoms with E-state index in [1.807, 2.05) is 24.5 Å². The van der Waals surface area contributed by atoms with Gasteiger partial charge in [0.1, 0.15) is 0 Å². The quantitative estimate of drug-likeness (QED) is 0.788. The normalized spacial score (nSPS) is 19.9. The number of hydrogen-bond donors (Lipinski definition) is 1. The second-order valence-electron chi connectivity index (χ2n) is 4.17. The van der Waals surface area contributed by atoms with E-state index in [0.29, 0.717) is 0 Å². The summed E-state index contributed by atoms with van der Waals surface area (Å²) in [4.78, 5) is 6.29. The van der Waals surface area contributed by atoms with E-state index in [-0.39, 0.29) is 0 Å². The molecule has 5 nitrogen and oxygen atoms in total. The van der Waals surface area contributed by atoms with Gasteiger partial charge in [-0.15, -0.1) is 0 Å². The Morgan fingerprint density at radius 2 is 1.56 bits per heavy atom. The second kappa shape index (κ2) is 8.02. The molecule has 2 fully saturated rings. The molecular formula is C13H21N3O2. The highest BCUT2D eigenvalue weighted by Gasteiger charge is 2.09. The molecule has 2 aliphatic heterocycles. The number of aromatic nitrogens is 1. The highest BCUT2D eigenvalue weighted by molar-refractivity contribution is 5.44. The van der Waals surface area contributed by atoms with Crippen LogP contribution in [-0.2, 0) is 9.47 Å². The third kappa shape index (κ3) is 4.60. The molecule has 0 spiro atoms. The first-order valence-electron chi connectivity index (χ1n) is 6.48. The van der Waals surface area contributed by atoms with Crippen LogP contribution in [0.1, 0.15) is 0 Å². The Hall–Kier alpha value is -1.17. The maximum atomic E-state index is 5.26. The van der Waals surface area contributed by atoms with Crippen molar-refractivity contribution in [2.45, 2.75) is 0 Å². The SMILES string of the molecule is C1COCCN1.c1cc(N2CCOCC2)ccn1. The van der Waals surface area contributed by atoms with Gasteiger partial charge in [0.25, 0.3) is 0 Å². The van der Waals surface area contributed by atoms with Crippen LogP contribution in [0, 0.1) is 0 Å². The predicted molar refractivity (Wildman–Crippen MR) is 71.0 cm³/mol. The molecule has 5 heteroatoms. The molecule has 1 aromatic heterocycles. The molecule has 0 saturated carbocycles. The van der Waals surface area contributed by atoms with E-state index in [0.717, 1.165) is 52.6 Å². The van der Waals surface area contributed by atoms with E-state index in [1.54, 1.807) is 0 Å². The van der Waals surface area contributed by atoms with Crippen LogP contribution in [0.15, 0.2) is 24.5 Å². The predicted octanol–water partition coefficient (Wildman–Crippen LogP) is 0.524. The minimum Gasteiger partial charge on any atom is -0.379 e. The van der Waals surface area contributed by atoms with Crippen molar-refractivity contribution in [3.05, 3.63) is 24.5 Å². The van der Waals surface area contributed by atoms with Crippen LogP contribution in [-0.4, -0.2) is 57.6 Å². The molecule has 2 saturated heterocycles. The summed E-state index contributed by atoms with van der Waals surface area (Å²) in [6.07, 6.45) is 3.65. The third-order valence-corrected chi connectivity index (χ3v) is 2.89. The van der Waals surface area contributed by atoms with Crippen LogP contribution in [0.25, 0.3) is 0 Å². The van der Waals surface area contributed by atoms with Crippen molar-refractivity contribution in [1.82, 2.24) is 10.3 Å². The van der Waals surface area contributed by atoms with Crippen molar-refractivity contribution >= 4 is 5.69 Å². The van der Waals surface area contributed by atoms with Gasteiger partial charge >= 0.3 is 0 Å². The molecule has 18 heavy (non-hydrogen) atoms. The summed E-state index contributed by atoms with van der Waals surface area (Å²) >= 11 is 0. The zero-order valence-corrected chi connectivity index (χ0v) is 10.7. The van der Waals surface area contributed by atoms with Gasteiger partial charge in [-0.1, -0.05) is 0 Å². The van der Waals surface area contributed by atoms with Gasteiger partial charge in [0.2, 0.25) is 0 Å². The Bertz CT molecular complexity index is 300. The van der Waals surface area contributed by atoms with Gasteiger partial charge in [0.15, 0.2) is 0 Å². The van der Waals surface area contributed by atoms with E-state index in [2.05, 4.69) is 15.2 Å². The first-order valence-corrected chi connectivity index (χ1v) is 6.48. The Labute approximate surface area is 108 Å². The fourth-order valence-electron chi connectivity index (χ4n) is 1.89. The Morgan fingerprint density at radius 1 is 0.944 bits per heavy atom. The van der Waals surface area contributed by atoms with Gasteiger partial charge in [-0.25, -0.2) is 0 Å². The molecule has 0 unspecified atom stereocenters. The molecule has 3 heterocycles. The van der Waals surface area contributed by atoms with E-state index in [9.17, 15) is 0 Å². The standard InChI is InChI=1S/C9H12N2O.C4H9NO/c1-3-10-4-2-9(1)11-5-7-12-8-6-11;1-3-6-4-2-5-1/h1-4H,5-8H2;5H,1-4H2. The van der Waals surface area contributed by atoms with Crippen LogP contribution < -0.4 is 10.2 Å². The largest absolute Gasteiger partial charge is 0.379 e. The van der Waals surface area contributed by atoms with Crippen LogP contribution in [0.5, 0.6) is 0 Å². The number of anilines is 1. The molecule has 0 aliphatic carbocycles. The lowest BCUT2D eigenvalue weighted by atomic mass is 10.3. The summed E-state index contributed by atoms with van der Waals surface area (Å²) in [5.41, 5.74) is 1.24. The first-order chi connectivity index (χ1) is 8.97. The highest BCUT2D eigenvalue weighted by Crippen LogP contribution is 2.12. The Kier molecular flexibility index (Phi) is 5.91. The van der Waals surface area contributed by atoms with Gasteiger partial charge in [0.05, 0.1) is 26.4 Å². The maximum absolute atomic E-state index is 5.26. The van der Waals surface area contributed by atoms with Crippen molar-refractivity contribution in [2.24, 2.45) is 0 Å². The topological polar surface area (TPSA) is 46.6 Å². The smallest absolute Gasteiger partial charge is 0.0642 e. The van der Waals surface area contributed by atoms with Gasteiger partial charge in [-0.2, -0.15) is 0 Å². The summed E-state index contributed by atoms with van der Waals surface area (Å²) < 4.78 is 10.3. The van der Waals surface area contributed by atoms with Crippen LogP contribution in [0.2, 0.25) is 0 Å². The number of ether oxygens (including phenoxy) is 2. The molecular weight excluding hydrogens is 230 g/mol. The molecule has 0 aromatic carbocycles. The zero-order chi connectivity index (χ0) is 12.5. The van der Waals surface area contributed by atoms with E-state index in [4.69, 9.17) is 9.47 Å². The van der Waals surface area contributed by atoms with Crippen molar-refractivity contribution in [2.75, 3.05) is 57.5 Å². The number of hydrogen-bond acceptors (Lipinski definition) is 5. The van der Waals surface area contributed by atoms with Crippen molar-refractivity contribution < 1.29 is 9.47 Å². The van der Waals surface area contributed by atoms with Crippen molar-refractivity contribution in [3.8, 4) is 0 Å².